The third kappa shape index (κ3) is 5.39. The van der Waals surface area contributed by atoms with Crippen molar-refractivity contribution in [2.75, 3.05) is 14.2 Å². The Morgan fingerprint density at radius 1 is 0.825 bits per heavy atom. The lowest BCUT2D eigenvalue weighted by Crippen LogP contribution is -2.19. The normalized spacial score (nSPS) is 19.4. The summed E-state index contributed by atoms with van der Waals surface area (Å²) in [6.45, 7) is 8.33. The van der Waals surface area contributed by atoms with Crippen LogP contribution in [0.2, 0.25) is 0 Å². The van der Waals surface area contributed by atoms with E-state index in [0.717, 1.165) is 72.0 Å². The van der Waals surface area contributed by atoms with Gasteiger partial charge in [-0.25, -0.2) is 0 Å². The van der Waals surface area contributed by atoms with E-state index in [-0.39, 0.29) is 24.3 Å². The molecule has 0 fully saturated rings. The fraction of sp³-hybridized carbons (Fsp3) is 0.344. The fourth-order valence-electron chi connectivity index (χ4n) is 5.56. The molecule has 8 nitrogen and oxygen atoms in total. The Morgan fingerprint density at radius 3 is 2.33 bits per heavy atom. The Balaban J connectivity index is 1.76. The SMILES string of the molecule is COC(=O)CCc1c(C)/c2[nH]/c1=C\C1=NC(=C(C)C1CCC(=O)OC)/C=c1/cc(C)/c([nH]1)=C/c1cc(C)c([nH]1)\C=2. The molecule has 0 aromatic carbocycles. The molecule has 3 N–H and O–H groups in total. The molecule has 0 spiro atoms. The first-order chi connectivity index (χ1) is 19.2. The molecule has 3 aromatic rings. The highest BCUT2D eigenvalue weighted by Gasteiger charge is 2.26. The van der Waals surface area contributed by atoms with E-state index in [0.29, 0.717) is 19.3 Å². The van der Waals surface area contributed by atoms with Crippen LogP contribution in [-0.2, 0) is 25.5 Å². The average Bonchev–Trinajstić information content (AvgIpc) is 3.62. The molecule has 0 amide bonds. The zero-order chi connectivity index (χ0) is 28.6. The van der Waals surface area contributed by atoms with E-state index in [2.05, 4.69) is 79.1 Å². The summed E-state index contributed by atoms with van der Waals surface area (Å²) in [5.74, 6) is -0.532. The summed E-state index contributed by atoms with van der Waals surface area (Å²) >= 11 is 0. The molecule has 1 atom stereocenters. The number of methoxy groups -OCH3 is 2. The highest BCUT2D eigenvalue weighted by Crippen LogP contribution is 2.31. The molecule has 40 heavy (non-hydrogen) atoms. The molecule has 0 saturated carbocycles. The number of allylic oxidation sites excluding steroid dienone is 2. The monoisotopic (exact) mass is 540 g/mol. The maximum atomic E-state index is 12.1. The van der Waals surface area contributed by atoms with Gasteiger partial charge in [0, 0.05) is 51.5 Å². The van der Waals surface area contributed by atoms with Crippen molar-refractivity contribution < 1.29 is 19.1 Å². The summed E-state index contributed by atoms with van der Waals surface area (Å²) in [4.78, 5) is 39.9. The summed E-state index contributed by atoms with van der Waals surface area (Å²) in [7, 11) is 2.82. The van der Waals surface area contributed by atoms with Crippen molar-refractivity contribution in [3.05, 3.63) is 78.4 Å². The second kappa shape index (κ2) is 11.0. The molecule has 208 valence electrons. The lowest BCUT2D eigenvalue weighted by molar-refractivity contribution is -0.141. The molecule has 8 bridgehead atoms. The zero-order valence-corrected chi connectivity index (χ0v) is 24.0. The molecule has 0 saturated heterocycles. The highest BCUT2D eigenvalue weighted by atomic mass is 16.5. The third-order valence-electron chi connectivity index (χ3n) is 7.98. The number of carbonyl (C=O) groups excluding carboxylic acids is 2. The molecule has 5 heterocycles. The number of hydrogen-bond acceptors (Lipinski definition) is 5. The van der Waals surface area contributed by atoms with Gasteiger partial charge in [0.2, 0.25) is 0 Å². The van der Waals surface area contributed by atoms with Gasteiger partial charge in [-0.05, 0) is 105 Å². The van der Waals surface area contributed by atoms with Crippen LogP contribution in [0, 0.1) is 26.7 Å². The van der Waals surface area contributed by atoms with Crippen LogP contribution in [0.1, 0.15) is 59.8 Å². The van der Waals surface area contributed by atoms with Crippen LogP contribution < -0.4 is 21.4 Å². The number of ether oxygens (including phenoxy) is 2. The van der Waals surface area contributed by atoms with E-state index >= 15 is 0 Å². The second-order valence-electron chi connectivity index (χ2n) is 10.6. The summed E-state index contributed by atoms with van der Waals surface area (Å²) in [5.41, 5.74) is 9.28. The van der Waals surface area contributed by atoms with Gasteiger partial charge >= 0.3 is 11.9 Å². The van der Waals surface area contributed by atoms with Crippen LogP contribution in [0.3, 0.4) is 0 Å². The lowest BCUT2D eigenvalue weighted by Gasteiger charge is -2.12. The Labute approximate surface area is 232 Å². The number of nitrogens with one attached hydrogen (secondary N) is 3. The van der Waals surface area contributed by atoms with Gasteiger partial charge in [0.25, 0.3) is 0 Å². The molecule has 0 radical (unpaired) electrons. The van der Waals surface area contributed by atoms with Crippen molar-refractivity contribution in [2.24, 2.45) is 10.9 Å². The topological polar surface area (TPSA) is 112 Å². The molecule has 5 rings (SSSR count). The minimum absolute atomic E-state index is 0.0413. The maximum Gasteiger partial charge on any atom is 0.305 e. The van der Waals surface area contributed by atoms with Crippen molar-refractivity contribution in [1.29, 1.82) is 0 Å². The Kier molecular flexibility index (Phi) is 7.52. The van der Waals surface area contributed by atoms with Crippen LogP contribution in [0.5, 0.6) is 0 Å². The minimum Gasteiger partial charge on any atom is -0.469 e. The first kappa shape index (κ1) is 27.2. The number of hydrogen-bond donors (Lipinski definition) is 3. The number of nitrogens with zero attached hydrogens (tertiary/aromatic N) is 1. The van der Waals surface area contributed by atoms with Crippen LogP contribution in [0.4, 0.5) is 0 Å². The van der Waals surface area contributed by atoms with Gasteiger partial charge in [0.15, 0.2) is 0 Å². The van der Waals surface area contributed by atoms with Crippen LogP contribution >= 0.6 is 0 Å². The molecule has 2 aliphatic heterocycles. The van der Waals surface area contributed by atoms with Gasteiger partial charge in [-0.1, -0.05) is 0 Å². The number of aromatic nitrogens is 3. The first-order valence-electron chi connectivity index (χ1n) is 13.6. The number of aromatic amines is 3. The molecular weight excluding hydrogens is 504 g/mol. The smallest absolute Gasteiger partial charge is 0.305 e. The maximum absolute atomic E-state index is 12.1. The molecule has 8 heteroatoms. The van der Waals surface area contributed by atoms with Crippen LogP contribution in [0.15, 0.2) is 28.4 Å². The first-order valence-corrected chi connectivity index (χ1v) is 13.6. The van der Waals surface area contributed by atoms with Gasteiger partial charge in [0.05, 0.1) is 25.6 Å². The van der Waals surface area contributed by atoms with E-state index in [9.17, 15) is 9.59 Å². The molecule has 1 unspecified atom stereocenters. The Bertz CT molecular complexity index is 1810. The Hall–Kier alpha value is -4.33. The number of rotatable bonds is 6. The molecule has 0 aliphatic carbocycles. The summed E-state index contributed by atoms with van der Waals surface area (Å²) < 4.78 is 9.85. The predicted octanol–water partition coefficient (Wildman–Crippen LogP) is 2.23. The summed E-state index contributed by atoms with van der Waals surface area (Å²) in [6, 6.07) is 4.27. The fourth-order valence-corrected chi connectivity index (χ4v) is 5.56. The number of carbonyl (C=O) groups is 2. The standard InChI is InChI=1S/C32H36N4O4/c1-17-11-22-14-27-19(3)23(7-9-31(37)39-5)29(35-27)16-30-24(8-10-32(38)40-6)20(4)28(36-30)15-26-18(2)12-21(34-26)13-25(17)33-22/h11-16,23,33-34,36H,7-10H2,1-6H3/b22-14-,25-13-,28-15-,30-16-. The second-order valence-corrected chi connectivity index (χ2v) is 10.6. The van der Waals surface area contributed by atoms with Gasteiger partial charge in [-0.3, -0.25) is 14.6 Å². The van der Waals surface area contributed by atoms with Gasteiger partial charge in [0.1, 0.15) is 0 Å². The molecular formula is C32H36N4O4. The van der Waals surface area contributed by atoms with E-state index < -0.39 is 0 Å². The van der Waals surface area contributed by atoms with E-state index in [1.165, 1.54) is 14.2 Å². The number of aliphatic imine (C=N–C) groups is 1. The summed E-state index contributed by atoms with van der Waals surface area (Å²) in [5, 5.41) is 3.87. The third-order valence-corrected chi connectivity index (χ3v) is 7.98. The van der Waals surface area contributed by atoms with Crippen molar-refractivity contribution in [1.82, 2.24) is 15.0 Å². The van der Waals surface area contributed by atoms with Crippen LogP contribution in [0.25, 0.3) is 24.3 Å². The predicted molar refractivity (Wildman–Crippen MR) is 156 cm³/mol. The number of esters is 2. The number of aryl methyl sites for hydroxylation is 2. The minimum atomic E-state index is -0.250. The van der Waals surface area contributed by atoms with Crippen molar-refractivity contribution in [3.63, 3.8) is 0 Å². The Morgan fingerprint density at radius 2 is 1.57 bits per heavy atom. The average molecular weight is 541 g/mol. The van der Waals surface area contributed by atoms with E-state index in [4.69, 9.17) is 14.5 Å². The van der Waals surface area contributed by atoms with E-state index in [1.54, 1.807) is 0 Å². The van der Waals surface area contributed by atoms with E-state index in [1.807, 2.05) is 0 Å². The largest absolute Gasteiger partial charge is 0.469 e. The zero-order valence-electron chi connectivity index (χ0n) is 24.0. The van der Waals surface area contributed by atoms with Crippen molar-refractivity contribution in [2.45, 2.75) is 53.4 Å². The lowest BCUT2D eigenvalue weighted by atomic mass is 9.91. The number of H-pyrrole nitrogens is 3. The molecule has 2 aliphatic rings. The molecule has 3 aromatic heterocycles. The van der Waals surface area contributed by atoms with Crippen molar-refractivity contribution in [3.8, 4) is 0 Å². The summed E-state index contributed by atoms with van der Waals surface area (Å²) in [6.07, 6.45) is 10.1. The van der Waals surface area contributed by atoms with Gasteiger partial charge in [-0.2, -0.15) is 0 Å². The van der Waals surface area contributed by atoms with Crippen LogP contribution in [-0.4, -0.2) is 46.8 Å². The highest BCUT2D eigenvalue weighted by molar-refractivity contribution is 6.15. The van der Waals surface area contributed by atoms with Gasteiger partial charge in [-0.15, -0.1) is 0 Å². The number of fused-ring (bicyclic) bond motifs is 7. The van der Waals surface area contributed by atoms with Crippen molar-refractivity contribution >= 4 is 42.0 Å². The van der Waals surface area contributed by atoms with Gasteiger partial charge < -0.3 is 24.4 Å². The quantitative estimate of drug-likeness (QED) is 0.416.